The fourth-order valence-corrected chi connectivity index (χ4v) is 5.64. The first-order valence-electron chi connectivity index (χ1n) is 8.48. The predicted octanol–water partition coefficient (Wildman–Crippen LogP) is 3.89. The third kappa shape index (κ3) is 3.59. The summed E-state index contributed by atoms with van der Waals surface area (Å²) in [7, 11) is -8.34. The summed E-state index contributed by atoms with van der Waals surface area (Å²) in [6, 6.07) is 12.3. The molecule has 0 aliphatic heterocycles. The second-order valence-corrected chi connectivity index (χ2v) is 10.3. The molecule has 3 rings (SSSR count). The van der Waals surface area contributed by atoms with Crippen LogP contribution >= 0.6 is 0 Å². The van der Waals surface area contributed by atoms with E-state index in [1.54, 1.807) is 13.0 Å². The zero-order valence-electron chi connectivity index (χ0n) is 15.2. The van der Waals surface area contributed by atoms with Gasteiger partial charge in [0.2, 0.25) is 30.6 Å². The van der Waals surface area contributed by atoms with Crippen LogP contribution in [0.15, 0.2) is 74.0 Å². The lowest BCUT2D eigenvalue weighted by atomic mass is 10.2. The van der Waals surface area contributed by atoms with Gasteiger partial charge in [0.1, 0.15) is 5.82 Å². The van der Waals surface area contributed by atoms with Gasteiger partial charge in [-0.3, -0.25) is 0 Å². The van der Waals surface area contributed by atoms with Gasteiger partial charge in [0.05, 0.1) is 10.1 Å². The van der Waals surface area contributed by atoms with Crippen LogP contribution in [0.5, 0.6) is 0 Å². The smallest absolute Gasteiger partial charge is 0.258 e. The van der Waals surface area contributed by atoms with Gasteiger partial charge in [0.25, 0.3) is 5.09 Å². The molecule has 9 heteroatoms. The second-order valence-electron chi connectivity index (χ2n) is 6.20. The molecule has 0 saturated carbocycles. The molecule has 0 saturated heterocycles. The van der Waals surface area contributed by atoms with E-state index < -0.39 is 40.9 Å². The van der Waals surface area contributed by atoms with Crippen LogP contribution in [0.1, 0.15) is 20.3 Å². The zero-order chi connectivity index (χ0) is 20.5. The Labute approximate surface area is 162 Å². The van der Waals surface area contributed by atoms with Crippen LogP contribution in [-0.2, 0) is 19.7 Å². The summed E-state index contributed by atoms with van der Waals surface area (Å²) in [5, 5.41) is -2.24. The topological polar surface area (TPSA) is 94.3 Å². The van der Waals surface area contributed by atoms with Crippen molar-refractivity contribution in [1.29, 1.82) is 0 Å². The molecule has 1 heterocycles. The molecule has 0 unspecified atom stereocenters. The molecule has 0 amide bonds. The molecule has 0 N–H and O–H groups in total. The van der Waals surface area contributed by atoms with Crippen molar-refractivity contribution in [2.24, 2.45) is 0 Å². The van der Waals surface area contributed by atoms with Crippen molar-refractivity contribution in [2.75, 3.05) is 0 Å². The zero-order valence-corrected chi connectivity index (χ0v) is 16.8. The molecule has 3 aromatic rings. The van der Waals surface area contributed by atoms with Crippen molar-refractivity contribution in [3.8, 4) is 11.5 Å². The minimum absolute atomic E-state index is 0.102. The molecule has 148 valence electrons. The number of aromatic nitrogens is 1. The predicted molar refractivity (Wildman–Crippen MR) is 101 cm³/mol. The third-order valence-electron chi connectivity index (χ3n) is 4.33. The maximum atomic E-state index is 13.2. The van der Waals surface area contributed by atoms with E-state index in [0.29, 0.717) is 0 Å². The summed E-state index contributed by atoms with van der Waals surface area (Å²) >= 11 is 0. The highest BCUT2D eigenvalue weighted by Crippen LogP contribution is 2.34. The quantitative estimate of drug-likeness (QED) is 0.597. The highest BCUT2D eigenvalue weighted by molar-refractivity contribution is 7.94. The first kappa shape index (κ1) is 20.2. The molecule has 0 bridgehead atoms. The number of hydrogen-bond donors (Lipinski definition) is 0. The van der Waals surface area contributed by atoms with Crippen LogP contribution in [0, 0.1) is 5.82 Å². The number of hydrogen-bond acceptors (Lipinski definition) is 6. The van der Waals surface area contributed by atoms with Gasteiger partial charge in [-0.25, -0.2) is 21.2 Å². The highest BCUT2D eigenvalue weighted by Gasteiger charge is 2.37. The Hall–Kier alpha value is -2.52. The Bertz CT molecular complexity index is 1180. The lowest BCUT2D eigenvalue weighted by molar-refractivity contribution is 0.441. The van der Waals surface area contributed by atoms with Crippen molar-refractivity contribution in [2.45, 2.75) is 40.5 Å². The third-order valence-corrected chi connectivity index (χ3v) is 8.32. The van der Waals surface area contributed by atoms with Gasteiger partial charge in [-0.2, -0.15) is 4.98 Å². The summed E-state index contributed by atoms with van der Waals surface area (Å²) in [5.41, 5.74) is 0.261. The van der Waals surface area contributed by atoms with Crippen LogP contribution in [0.25, 0.3) is 11.5 Å². The largest absolute Gasteiger partial charge is 0.423 e. The van der Waals surface area contributed by atoms with Gasteiger partial charge in [-0.1, -0.05) is 25.1 Å². The maximum Gasteiger partial charge on any atom is 0.258 e. The van der Waals surface area contributed by atoms with Crippen LogP contribution in [0.2, 0.25) is 0 Å². The number of rotatable bonds is 6. The van der Waals surface area contributed by atoms with Gasteiger partial charge in [0.15, 0.2) is 0 Å². The standard InChI is InChI=1S/C19H18FNO5S2/c1-3-13(2)27(22,23)19-18(28(24,25)16-7-5-4-6-8-16)21-17(26-19)14-9-11-15(20)12-10-14/h4-13H,3H2,1-2H3/t13-/m0/s1. The van der Waals surface area contributed by atoms with Crippen molar-refractivity contribution in [3.05, 3.63) is 60.4 Å². The Balaban J connectivity index is 2.27. The van der Waals surface area contributed by atoms with E-state index in [1.165, 1.54) is 43.3 Å². The van der Waals surface area contributed by atoms with Crippen LogP contribution in [-0.4, -0.2) is 27.1 Å². The van der Waals surface area contributed by atoms with E-state index in [2.05, 4.69) is 4.98 Å². The van der Waals surface area contributed by atoms with Gasteiger partial charge in [-0.15, -0.1) is 0 Å². The number of oxazole rings is 1. The Morgan fingerprint density at radius 2 is 1.61 bits per heavy atom. The SMILES string of the molecule is CC[C@H](C)S(=O)(=O)c1oc(-c2ccc(F)cc2)nc1S(=O)(=O)c1ccccc1. The summed E-state index contributed by atoms with van der Waals surface area (Å²) in [5.74, 6) is -0.712. The minimum Gasteiger partial charge on any atom is -0.423 e. The van der Waals surface area contributed by atoms with Gasteiger partial charge >= 0.3 is 0 Å². The Morgan fingerprint density at radius 3 is 2.18 bits per heavy atom. The number of benzene rings is 2. The van der Waals surface area contributed by atoms with E-state index in [-0.39, 0.29) is 22.8 Å². The molecule has 6 nitrogen and oxygen atoms in total. The van der Waals surface area contributed by atoms with E-state index in [0.717, 1.165) is 12.1 Å². The molecule has 1 aromatic heterocycles. The van der Waals surface area contributed by atoms with Crippen molar-refractivity contribution in [1.82, 2.24) is 4.98 Å². The van der Waals surface area contributed by atoms with Gasteiger partial charge < -0.3 is 4.42 Å². The molecule has 0 aliphatic rings. The van der Waals surface area contributed by atoms with Crippen LogP contribution in [0.3, 0.4) is 0 Å². The van der Waals surface area contributed by atoms with Crippen molar-refractivity contribution < 1.29 is 25.6 Å². The summed E-state index contributed by atoms with van der Waals surface area (Å²) in [6.07, 6.45) is 0.264. The second kappa shape index (κ2) is 7.48. The molecule has 28 heavy (non-hydrogen) atoms. The average Bonchev–Trinajstić information content (AvgIpc) is 3.15. The molecule has 0 radical (unpaired) electrons. The van der Waals surface area contributed by atoms with Gasteiger partial charge in [-0.05, 0) is 49.7 Å². The first-order chi connectivity index (χ1) is 13.2. The highest BCUT2D eigenvalue weighted by atomic mass is 32.2. The lowest BCUT2D eigenvalue weighted by Gasteiger charge is -2.09. The van der Waals surface area contributed by atoms with E-state index >= 15 is 0 Å². The molecular weight excluding hydrogens is 405 g/mol. The fourth-order valence-electron chi connectivity index (χ4n) is 2.47. The average molecular weight is 423 g/mol. The Morgan fingerprint density at radius 1 is 1.00 bits per heavy atom. The monoisotopic (exact) mass is 423 g/mol. The molecule has 0 aliphatic carbocycles. The summed E-state index contributed by atoms with van der Waals surface area (Å²) in [6.45, 7) is 3.14. The molecule has 0 fully saturated rings. The van der Waals surface area contributed by atoms with E-state index in [1.807, 2.05) is 0 Å². The number of halogens is 1. The normalized spacial score (nSPS) is 13.4. The molecule has 2 aromatic carbocycles. The van der Waals surface area contributed by atoms with Crippen molar-refractivity contribution in [3.63, 3.8) is 0 Å². The summed E-state index contributed by atoms with van der Waals surface area (Å²) < 4.78 is 70.6. The lowest BCUT2D eigenvalue weighted by Crippen LogP contribution is -2.19. The Kier molecular flexibility index (Phi) is 5.40. The van der Waals surface area contributed by atoms with E-state index in [9.17, 15) is 21.2 Å². The maximum absolute atomic E-state index is 13.2. The first-order valence-corrected chi connectivity index (χ1v) is 11.5. The minimum atomic E-state index is -4.25. The van der Waals surface area contributed by atoms with Crippen LogP contribution < -0.4 is 0 Å². The van der Waals surface area contributed by atoms with Crippen molar-refractivity contribution >= 4 is 19.7 Å². The van der Waals surface area contributed by atoms with Crippen LogP contribution in [0.4, 0.5) is 4.39 Å². The molecule has 1 atom stereocenters. The molecular formula is C19H18FNO5S2. The summed E-state index contributed by atoms with van der Waals surface area (Å²) in [4.78, 5) is 3.88. The van der Waals surface area contributed by atoms with Gasteiger partial charge in [0, 0.05) is 5.56 Å². The number of sulfone groups is 2. The fraction of sp³-hybridized carbons (Fsp3) is 0.211. The van der Waals surface area contributed by atoms with E-state index in [4.69, 9.17) is 4.42 Å². The number of nitrogens with zero attached hydrogens (tertiary/aromatic N) is 1. The molecule has 0 spiro atoms.